The molecule has 1 aliphatic carbocycles. The summed E-state index contributed by atoms with van der Waals surface area (Å²) in [5.41, 5.74) is 0.682. The molecular weight excluding hydrogens is 534 g/mol. The molecule has 0 radical (unpaired) electrons. The number of amides is 2. The molecule has 3 N–H and O–H groups in total. The molecule has 224 valence electrons. The molecule has 7 nitrogen and oxygen atoms in total. The van der Waals surface area contributed by atoms with Crippen LogP contribution in [0, 0.1) is 11.3 Å². The molecule has 5 atom stereocenters. The number of thioether (sulfide) groups is 1. The Balaban J connectivity index is 1.48. The van der Waals surface area contributed by atoms with Gasteiger partial charge in [0.15, 0.2) is 0 Å². The number of aliphatic hydroxyl groups is 1. The average molecular weight is 582 g/mol. The van der Waals surface area contributed by atoms with Gasteiger partial charge in [0.05, 0.1) is 18.2 Å². The summed E-state index contributed by atoms with van der Waals surface area (Å²) in [4.78, 5) is 29.7. The Morgan fingerprint density at radius 3 is 2.46 bits per heavy atom. The fraction of sp³-hybridized carbons (Fsp3) is 0.576. The van der Waals surface area contributed by atoms with Crippen LogP contribution in [0.1, 0.15) is 65.4 Å². The molecule has 1 heterocycles. The lowest BCUT2D eigenvalue weighted by molar-refractivity contribution is -0.136. The van der Waals surface area contributed by atoms with Gasteiger partial charge in [-0.2, -0.15) is 0 Å². The van der Waals surface area contributed by atoms with Gasteiger partial charge in [-0.1, -0.05) is 68.3 Å². The van der Waals surface area contributed by atoms with E-state index in [1.165, 1.54) is 12.8 Å². The van der Waals surface area contributed by atoms with Crippen molar-refractivity contribution in [2.45, 2.75) is 95.0 Å². The Labute approximate surface area is 249 Å². The number of aliphatic hydroxyl groups excluding tert-OH is 1. The van der Waals surface area contributed by atoms with Crippen LogP contribution in [0.25, 0.3) is 0 Å². The molecule has 0 bridgehead atoms. The van der Waals surface area contributed by atoms with E-state index in [9.17, 15) is 14.7 Å². The lowest BCUT2D eigenvalue weighted by Gasteiger charge is -2.52. The second-order valence-corrected chi connectivity index (χ2v) is 14.1. The molecule has 2 fully saturated rings. The van der Waals surface area contributed by atoms with Crippen molar-refractivity contribution in [1.29, 1.82) is 0 Å². The van der Waals surface area contributed by atoms with Gasteiger partial charge >= 0.3 is 6.09 Å². The van der Waals surface area contributed by atoms with Crippen LogP contribution in [0.3, 0.4) is 0 Å². The summed E-state index contributed by atoms with van der Waals surface area (Å²) < 4.78 is 5.50. The molecular formula is C33H47N3O4S. The number of alkyl carbamates (subject to hydrolysis) is 1. The summed E-state index contributed by atoms with van der Waals surface area (Å²) in [5.74, 6) is 0.975. The minimum absolute atomic E-state index is 0.0142. The molecule has 1 saturated heterocycles. The van der Waals surface area contributed by atoms with E-state index in [1.54, 1.807) is 11.8 Å². The zero-order valence-corrected chi connectivity index (χ0v) is 25.8. The summed E-state index contributed by atoms with van der Waals surface area (Å²) in [7, 11) is 0. The van der Waals surface area contributed by atoms with E-state index in [1.807, 2.05) is 81.4 Å². The Bertz CT molecular complexity index is 1130. The normalized spacial score (nSPS) is 24.5. The van der Waals surface area contributed by atoms with Crippen molar-refractivity contribution in [2.24, 2.45) is 11.3 Å². The van der Waals surface area contributed by atoms with Crippen molar-refractivity contribution in [2.75, 3.05) is 18.8 Å². The van der Waals surface area contributed by atoms with Crippen molar-refractivity contribution in [3.63, 3.8) is 0 Å². The van der Waals surface area contributed by atoms with Gasteiger partial charge in [0, 0.05) is 29.3 Å². The number of hydrogen-bond donors (Lipinski definition) is 3. The number of fused-ring (bicyclic) bond motifs is 1. The minimum Gasteiger partial charge on any atom is -0.445 e. The molecule has 1 saturated carbocycles. The summed E-state index contributed by atoms with van der Waals surface area (Å²) in [6, 6.07) is 18.6. The topological polar surface area (TPSA) is 90.9 Å². The highest BCUT2D eigenvalue weighted by Gasteiger charge is 2.47. The number of β-amino-alcohol motifs (C(OH)–C–C–N with tert-alkyl or cyclic N) is 1. The van der Waals surface area contributed by atoms with Crippen LogP contribution in [0.5, 0.6) is 0 Å². The maximum atomic E-state index is 13.6. The number of carbonyl (C=O) groups is 2. The molecule has 8 heteroatoms. The van der Waals surface area contributed by atoms with E-state index in [4.69, 9.17) is 4.74 Å². The quantitative estimate of drug-likeness (QED) is 0.316. The van der Waals surface area contributed by atoms with Crippen LogP contribution in [-0.2, 0) is 16.1 Å². The molecule has 1 aliphatic heterocycles. The second-order valence-electron chi connectivity index (χ2n) is 13.0. The number of benzene rings is 2. The summed E-state index contributed by atoms with van der Waals surface area (Å²) in [6.07, 6.45) is 4.03. The number of piperidine rings is 1. The Morgan fingerprint density at radius 2 is 1.78 bits per heavy atom. The largest absolute Gasteiger partial charge is 0.445 e. The predicted molar refractivity (Wildman–Crippen MR) is 165 cm³/mol. The first kappa shape index (κ1) is 31.4. The molecule has 2 amide bonds. The van der Waals surface area contributed by atoms with E-state index in [0.29, 0.717) is 18.2 Å². The molecule has 4 rings (SSSR count). The first-order valence-electron chi connectivity index (χ1n) is 14.9. The number of nitrogens with zero attached hydrogens (tertiary/aromatic N) is 1. The third-order valence-electron chi connectivity index (χ3n) is 8.47. The summed E-state index contributed by atoms with van der Waals surface area (Å²) in [5, 5.41) is 17.7. The zero-order valence-electron chi connectivity index (χ0n) is 25.0. The van der Waals surface area contributed by atoms with Crippen LogP contribution in [0.2, 0.25) is 0 Å². The van der Waals surface area contributed by atoms with Gasteiger partial charge in [0.25, 0.3) is 0 Å². The van der Waals surface area contributed by atoms with E-state index in [-0.39, 0.29) is 29.5 Å². The number of ether oxygens (including phenoxy) is 1. The van der Waals surface area contributed by atoms with E-state index >= 15 is 0 Å². The van der Waals surface area contributed by atoms with Crippen molar-refractivity contribution in [3.8, 4) is 0 Å². The van der Waals surface area contributed by atoms with Crippen LogP contribution in [0.15, 0.2) is 65.6 Å². The Morgan fingerprint density at radius 1 is 1.10 bits per heavy atom. The van der Waals surface area contributed by atoms with Crippen molar-refractivity contribution in [1.82, 2.24) is 15.5 Å². The fourth-order valence-corrected chi connectivity index (χ4v) is 7.21. The predicted octanol–water partition coefficient (Wildman–Crippen LogP) is 5.62. The maximum Gasteiger partial charge on any atom is 0.407 e. The van der Waals surface area contributed by atoms with Gasteiger partial charge < -0.3 is 20.5 Å². The standard InChI is InChI=1S/C33H47N3O4S/c1-32(2,3)35-30(38)28-19-33(4)18-12-11-15-25(33)20-36(28)21-29(37)27(23-41-26-16-9-6-10-17-26)34-31(39)40-22-24-13-7-5-8-14-24/h5-10,13-14,16-17,25,27-29,37H,11-12,15,18-23H2,1-4H3,(H,34,39)(H,35,38)/t25-,27+,28+,29-,33+/m1/s1. The van der Waals surface area contributed by atoms with E-state index in [0.717, 1.165) is 36.3 Å². The van der Waals surface area contributed by atoms with Gasteiger partial charge in [-0.05, 0) is 69.1 Å². The van der Waals surface area contributed by atoms with Crippen LogP contribution < -0.4 is 10.6 Å². The molecule has 0 aromatic heterocycles. The van der Waals surface area contributed by atoms with Gasteiger partial charge in [-0.15, -0.1) is 11.8 Å². The number of likely N-dealkylation sites (tertiary alicyclic amines) is 1. The monoisotopic (exact) mass is 581 g/mol. The first-order chi connectivity index (χ1) is 19.5. The van der Waals surface area contributed by atoms with Gasteiger partial charge in [-0.3, -0.25) is 9.69 Å². The lowest BCUT2D eigenvalue weighted by Crippen LogP contribution is -2.62. The maximum absolute atomic E-state index is 13.6. The van der Waals surface area contributed by atoms with Crippen molar-refractivity contribution in [3.05, 3.63) is 66.2 Å². The van der Waals surface area contributed by atoms with Crippen LogP contribution in [-0.4, -0.2) is 64.6 Å². The highest BCUT2D eigenvalue weighted by Crippen LogP contribution is 2.48. The van der Waals surface area contributed by atoms with Crippen molar-refractivity contribution >= 4 is 23.8 Å². The average Bonchev–Trinajstić information content (AvgIpc) is 2.94. The second kappa shape index (κ2) is 14.1. The number of rotatable bonds is 10. The van der Waals surface area contributed by atoms with Gasteiger partial charge in [0.1, 0.15) is 6.61 Å². The first-order valence-corrected chi connectivity index (χ1v) is 15.9. The fourth-order valence-electron chi connectivity index (χ4n) is 6.18. The Hall–Kier alpha value is -2.55. The van der Waals surface area contributed by atoms with Gasteiger partial charge in [0.2, 0.25) is 5.91 Å². The SMILES string of the molecule is CC(C)(C)NC(=O)[C@@H]1C[C@]2(C)CCCC[C@@H]2CN1C[C@@H](O)[C@H](CSc1ccccc1)NC(=O)OCc1ccccc1. The summed E-state index contributed by atoms with van der Waals surface area (Å²) in [6.45, 7) is 9.56. The molecule has 0 unspecified atom stereocenters. The van der Waals surface area contributed by atoms with Crippen molar-refractivity contribution < 1.29 is 19.4 Å². The lowest BCUT2D eigenvalue weighted by atomic mass is 9.62. The molecule has 41 heavy (non-hydrogen) atoms. The molecule has 2 aromatic rings. The third kappa shape index (κ3) is 9.22. The van der Waals surface area contributed by atoms with Gasteiger partial charge in [-0.25, -0.2) is 4.79 Å². The number of hydrogen-bond acceptors (Lipinski definition) is 6. The van der Waals surface area contributed by atoms with E-state index < -0.39 is 18.2 Å². The highest BCUT2D eigenvalue weighted by atomic mass is 32.2. The zero-order chi connectivity index (χ0) is 29.5. The molecule has 2 aromatic carbocycles. The molecule has 2 aliphatic rings. The van der Waals surface area contributed by atoms with Crippen LogP contribution >= 0.6 is 11.8 Å². The van der Waals surface area contributed by atoms with Crippen LogP contribution in [0.4, 0.5) is 4.79 Å². The van der Waals surface area contributed by atoms with E-state index in [2.05, 4.69) is 22.5 Å². The molecule has 0 spiro atoms. The highest BCUT2D eigenvalue weighted by molar-refractivity contribution is 7.99. The number of carbonyl (C=O) groups excluding carboxylic acids is 2. The smallest absolute Gasteiger partial charge is 0.407 e. The minimum atomic E-state index is -0.881. The Kier molecular flexibility index (Phi) is 10.8. The summed E-state index contributed by atoms with van der Waals surface area (Å²) >= 11 is 1.58. The number of nitrogens with one attached hydrogen (secondary N) is 2. The third-order valence-corrected chi connectivity index (χ3v) is 9.60.